The van der Waals surface area contributed by atoms with E-state index in [1.165, 1.54) is 12.1 Å². The van der Waals surface area contributed by atoms with Crippen molar-refractivity contribution in [3.8, 4) is 11.5 Å². The molecule has 1 fully saturated rings. The molecule has 0 radical (unpaired) electrons. The fourth-order valence-electron chi connectivity index (χ4n) is 3.49. The predicted molar refractivity (Wildman–Crippen MR) is 92.9 cm³/mol. The predicted octanol–water partition coefficient (Wildman–Crippen LogP) is 2.54. The number of carbonyl (C=O) groups is 1. The average molecular weight is 360 g/mol. The van der Waals surface area contributed by atoms with Gasteiger partial charge in [0.2, 0.25) is 0 Å². The molecule has 1 aliphatic heterocycles. The zero-order valence-electron chi connectivity index (χ0n) is 14.7. The van der Waals surface area contributed by atoms with Crippen molar-refractivity contribution in [2.75, 3.05) is 27.3 Å². The summed E-state index contributed by atoms with van der Waals surface area (Å²) in [7, 11) is 3.11. The highest BCUT2D eigenvalue weighted by atomic mass is 19.1. The van der Waals surface area contributed by atoms with E-state index in [0.29, 0.717) is 36.8 Å². The summed E-state index contributed by atoms with van der Waals surface area (Å²) in [6.45, 7) is 1.38. The Morgan fingerprint density at radius 3 is 2.58 bits per heavy atom. The molecule has 2 heterocycles. The highest BCUT2D eigenvalue weighted by Gasteiger charge is 2.38. The third-order valence-corrected chi connectivity index (χ3v) is 4.75. The molecular weight excluding hydrogens is 339 g/mol. The van der Waals surface area contributed by atoms with E-state index in [-0.39, 0.29) is 11.7 Å². The molecule has 0 aliphatic carbocycles. The standard InChI is InChI=1S/C19H21FN2O4/c1-25-17-7-8-21-16(18(17)26-2)11-22-9-14(15(10-22)19(23)24)12-3-5-13(20)6-4-12/h3-8,14-15H,9-11H2,1-2H3,(H,23,24)/t14-,15+/m1/s1. The van der Waals surface area contributed by atoms with Gasteiger partial charge in [0.05, 0.1) is 20.1 Å². The largest absolute Gasteiger partial charge is 0.493 e. The van der Waals surface area contributed by atoms with Crippen molar-refractivity contribution in [2.24, 2.45) is 5.92 Å². The van der Waals surface area contributed by atoms with Crippen LogP contribution in [-0.2, 0) is 11.3 Å². The van der Waals surface area contributed by atoms with E-state index in [2.05, 4.69) is 4.98 Å². The molecule has 0 spiro atoms. The van der Waals surface area contributed by atoms with Crippen LogP contribution in [0.3, 0.4) is 0 Å². The van der Waals surface area contributed by atoms with Crippen LogP contribution < -0.4 is 9.47 Å². The third kappa shape index (κ3) is 3.62. The Kier molecular flexibility index (Phi) is 5.37. The van der Waals surface area contributed by atoms with Crippen LogP contribution in [0.5, 0.6) is 11.5 Å². The van der Waals surface area contributed by atoms with Crippen LogP contribution in [0.2, 0.25) is 0 Å². The van der Waals surface area contributed by atoms with Gasteiger partial charge in [-0.3, -0.25) is 14.7 Å². The second-order valence-corrected chi connectivity index (χ2v) is 6.29. The molecule has 3 rings (SSSR count). The van der Waals surface area contributed by atoms with Gasteiger partial charge in [-0.2, -0.15) is 0 Å². The van der Waals surface area contributed by atoms with E-state index in [1.54, 1.807) is 38.6 Å². The number of nitrogens with zero attached hydrogens (tertiary/aromatic N) is 2. The fraction of sp³-hybridized carbons (Fsp3) is 0.368. The second-order valence-electron chi connectivity index (χ2n) is 6.29. The summed E-state index contributed by atoms with van der Waals surface area (Å²) in [4.78, 5) is 18.1. The second kappa shape index (κ2) is 7.70. The highest BCUT2D eigenvalue weighted by Crippen LogP contribution is 2.36. The Balaban J connectivity index is 1.82. The van der Waals surface area contributed by atoms with Crippen LogP contribution in [-0.4, -0.2) is 48.3 Å². The van der Waals surface area contributed by atoms with Gasteiger partial charge < -0.3 is 14.6 Å². The highest BCUT2D eigenvalue weighted by molar-refractivity contribution is 5.72. The molecule has 138 valence electrons. The van der Waals surface area contributed by atoms with Gasteiger partial charge in [-0.25, -0.2) is 4.39 Å². The Morgan fingerprint density at radius 2 is 1.96 bits per heavy atom. The molecule has 1 aromatic heterocycles. The third-order valence-electron chi connectivity index (χ3n) is 4.75. The summed E-state index contributed by atoms with van der Waals surface area (Å²) in [6.07, 6.45) is 1.64. The molecule has 1 saturated heterocycles. The number of carboxylic acid groups (broad SMARTS) is 1. The van der Waals surface area contributed by atoms with E-state index in [1.807, 2.05) is 4.90 Å². The molecule has 1 aliphatic rings. The smallest absolute Gasteiger partial charge is 0.308 e. The van der Waals surface area contributed by atoms with Gasteiger partial charge in [0, 0.05) is 37.8 Å². The van der Waals surface area contributed by atoms with Gasteiger partial charge in [0.25, 0.3) is 0 Å². The van der Waals surface area contributed by atoms with Crippen LogP contribution in [0.4, 0.5) is 4.39 Å². The Hall–Kier alpha value is -2.67. The van der Waals surface area contributed by atoms with Crippen molar-refractivity contribution >= 4 is 5.97 Å². The van der Waals surface area contributed by atoms with Gasteiger partial charge in [-0.05, 0) is 17.7 Å². The number of rotatable bonds is 6. The van der Waals surface area contributed by atoms with Crippen LogP contribution in [0, 0.1) is 11.7 Å². The van der Waals surface area contributed by atoms with Gasteiger partial charge in [0.1, 0.15) is 11.5 Å². The molecule has 7 heteroatoms. The molecule has 0 amide bonds. The number of carboxylic acids is 1. The van der Waals surface area contributed by atoms with Crippen molar-refractivity contribution in [3.63, 3.8) is 0 Å². The zero-order chi connectivity index (χ0) is 18.7. The Labute approximate surface area is 151 Å². The number of pyridine rings is 1. The zero-order valence-corrected chi connectivity index (χ0v) is 14.7. The molecule has 0 saturated carbocycles. The summed E-state index contributed by atoms with van der Waals surface area (Å²) in [5.41, 5.74) is 1.52. The minimum absolute atomic E-state index is 0.204. The summed E-state index contributed by atoms with van der Waals surface area (Å²) in [5, 5.41) is 9.61. The van der Waals surface area contributed by atoms with Crippen molar-refractivity contribution in [1.29, 1.82) is 0 Å². The summed E-state index contributed by atoms with van der Waals surface area (Å²) in [5.74, 6) is -0.816. The maximum absolute atomic E-state index is 13.2. The van der Waals surface area contributed by atoms with Crippen LogP contribution >= 0.6 is 0 Å². The molecule has 0 bridgehead atoms. The number of likely N-dealkylation sites (tertiary alicyclic amines) is 1. The maximum Gasteiger partial charge on any atom is 0.308 e. The number of hydrogen-bond donors (Lipinski definition) is 1. The molecule has 2 aromatic rings. The summed E-state index contributed by atoms with van der Waals surface area (Å²) in [6, 6.07) is 7.76. The number of aliphatic carboxylic acids is 1. The minimum Gasteiger partial charge on any atom is -0.493 e. The first-order valence-electron chi connectivity index (χ1n) is 8.30. The van der Waals surface area contributed by atoms with Gasteiger partial charge >= 0.3 is 5.97 Å². The van der Waals surface area contributed by atoms with Gasteiger partial charge in [-0.1, -0.05) is 12.1 Å². The van der Waals surface area contributed by atoms with Crippen molar-refractivity contribution in [2.45, 2.75) is 12.5 Å². The van der Waals surface area contributed by atoms with E-state index < -0.39 is 11.9 Å². The first-order valence-corrected chi connectivity index (χ1v) is 8.30. The molecule has 1 N–H and O–H groups in total. The summed E-state index contributed by atoms with van der Waals surface area (Å²) >= 11 is 0. The minimum atomic E-state index is -0.854. The monoisotopic (exact) mass is 360 g/mol. The lowest BCUT2D eigenvalue weighted by atomic mass is 9.89. The van der Waals surface area contributed by atoms with E-state index in [0.717, 1.165) is 5.56 Å². The lowest BCUT2D eigenvalue weighted by Gasteiger charge is -2.18. The Morgan fingerprint density at radius 1 is 1.23 bits per heavy atom. The topological polar surface area (TPSA) is 71.9 Å². The van der Waals surface area contributed by atoms with Crippen LogP contribution in [0.15, 0.2) is 36.5 Å². The number of ether oxygens (including phenoxy) is 2. The number of aromatic nitrogens is 1. The molecule has 6 nitrogen and oxygen atoms in total. The first kappa shape index (κ1) is 18.1. The summed E-state index contributed by atoms with van der Waals surface area (Å²) < 4.78 is 23.9. The molecule has 0 unspecified atom stereocenters. The molecular formula is C19H21FN2O4. The lowest BCUT2D eigenvalue weighted by Crippen LogP contribution is -2.23. The quantitative estimate of drug-likeness (QED) is 0.854. The van der Waals surface area contributed by atoms with Crippen LogP contribution in [0.1, 0.15) is 17.2 Å². The SMILES string of the molecule is COc1ccnc(CN2C[C@H](C(=O)O)[C@@H](c3ccc(F)cc3)C2)c1OC. The van der Waals surface area contributed by atoms with Crippen molar-refractivity contribution < 1.29 is 23.8 Å². The average Bonchev–Trinajstić information content (AvgIpc) is 3.06. The van der Waals surface area contributed by atoms with Crippen LogP contribution in [0.25, 0.3) is 0 Å². The Bertz CT molecular complexity index is 782. The molecule has 2 atom stereocenters. The maximum atomic E-state index is 13.2. The van der Waals surface area contributed by atoms with Crippen molar-refractivity contribution in [1.82, 2.24) is 9.88 Å². The first-order chi connectivity index (χ1) is 12.5. The van der Waals surface area contributed by atoms with Gasteiger partial charge in [0.15, 0.2) is 11.5 Å². The van der Waals surface area contributed by atoms with Gasteiger partial charge in [-0.15, -0.1) is 0 Å². The van der Waals surface area contributed by atoms with E-state index >= 15 is 0 Å². The molecule has 1 aromatic carbocycles. The number of hydrogen-bond acceptors (Lipinski definition) is 5. The normalized spacial score (nSPS) is 20.1. The number of halogens is 1. The fourth-order valence-corrected chi connectivity index (χ4v) is 3.49. The van der Waals surface area contributed by atoms with Crippen molar-refractivity contribution in [3.05, 3.63) is 53.6 Å². The number of benzene rings is 1. The lowest BCUT2D eigenvalue weighted by molar-refractivity contribution is -0.141. The van der Waals surface area contributed by atoms with E-state index in [9.17, 15) is 14.3 Å². The van der Waals surface area contributed by atoms with E-state index in [4.69, 9.17) is 9.47 Å². The number of methoxy groups -OCH3 is 2. The molecule has 26 heavy (non-hydrogen) atoms.